The second-order valence-electron chi connectivity index (χ2n) is 7.67. The largest absolute Gasteiger partial charge is 0.454 e. The lowest BCUT2D eigenvalue weighted by Gasteiger charge is -2.19. The number of nitrogens with two attached hydrogens (primary N) is 1. The Hall–Kier alpha value is -3.02. The van der Waals surface area contributed by atoms with E-state index in [0.29, 0.717) is 15.9 Å². The average molecular weight is 559 g/mol. The Bertz CT molecular complexity index is 1330. The fourth-order valence-corrected chi connectivity index (χ4v) is 3.42. The van der Waals surface area contributed by atoms with E-state index in [-0.39, 0.29) is 21.5 Å². The number of nitrogens with one attached hydrogen (secondary N) is 2. The SMILES string of the molecule is CC(C)(C)OC(=O)Nc1nn(-c2cc(Cl)c(Oc3ccc(N)c(Br)c3)c(Cl)c2)c(=O)[nH]c1=O. The van der Waals surface area contributed by atoms with Gasteiger partial charge in [0.25, 0.3) is 5.56 Å². The van der Waals surface area contributed by atoms with E-state index in [4.69, 9.17) is 38.4 Å². The van der Waals surface area contributed by atoms with Crippen LogP contribution in [0.25, 0.3) is 5.69 Å². The second kappa shape index (κ2) is 9.46. The zero-order chi connectivity index (χ0) is 24.5. The molecular weight excluding hydrogens is 541 g/mol. The van der Waals surface area contributed by atoms with Crippen molar-refractivity contribution in [3.8, 4) is 17.2 Å². The molecule has 0 unspecified atom stereocenters. The summed E-state index contributed by atoms with van der Waals surface area (Å²) in [6.07, 6.45) is -0.917. The van der Waals surface area contributed by atoms with Crippen molar-refractivity contribution in [3.05, 3.63) is 65.7 Å². The molecule has 1 amide bonds. The second-order valence-corrected chi connectivity index (χ2v) is 9.34. The van der Waals surface area contributed by atoms with Crippen LogP contribution in [0.2, 0.25) is 10.0 Å². The van der Waals surface area contributed by atoms with Gasteiger partial charge < -0.3 is 15.2 Å². The van der Waals surface area contributed by atoms with E-state index in [9.17, 15) is 14.4 Å². The Balaban J connectivity index is 1.96. The van der Waals surface area contributed by atoms with Crippen LogP contribution in [0.15, 0.2) is 44.4 Å². The van der Waals surface area contributed by atoms with Gasteiger partial charge >= 0.3 is 11.8 Å². The summed E-state index contributed by atoms with van der Waals surface area (Å²) < 4.78 is 12.3. The summed E-state index contributed by atoms with van der Waals surface area (Å²) in [5.41, 5.74) is 3.82. The monoisotopic (exact) mass is 557 g/mol. The lowest BCUT2D eigenvalue weighted by Crippen LogP contribution is -2.36. The summed E-state index contributed by atoms with van der Waals surface area (Å²) in [6, 6.07) is 7.62. The Morgan fingerprint density at radius 1 is 1.18 bits per heavy atom. The van der Waals surface area contributed by atoms with Gasteiger partial charge in [0.1, 0.15) is 11.4 Å². The van der Waals surface area contributed by atoms with Crippen LogP contribution in [-0.2, 0) is 4.74 Å². The Morgan fingerprint density at radius 3 is 2.39 bits per heavy atom. The highest BCUT2D eigenvalue weighted by Crippen LogP contribution is 2.39. The molecule has 2 aromatic carbocycles. The lowest BCUT2D eigenvalue weighted by molar-refractivity contribution is 0.0634. The van der Waals surface area contributed by atoms with E-state index in [0.717, 1.165) is 4.68 Å². The maximum Gasteiger partial charge on any atom is 0.413 e. The molecular formula is C20H18BrCl2N5O5. The molecule has 0 fully saturated rings. The number of carbonyl (C=O) groups is 1. The number of anilines is 2. The van der Waals surface area contributed by atoms with Crippen LogP contribution in [0.4, 0.5) is 16.3 Å². The third-order valence-corrected chi connectivity index (χ3v) is 5.11. The number of nitrogens with zero attached hydrogens (tertiary/aromatic N) is 2. The van der Waals surface area contributed by atoms with Gasteiger partial charge in [0.15, 0.2) is 5.75 Å². The standard InChI is InChI=1S/C20H18BrCl2N5O5/c1-20(2,3)33-19(31)25-16-17(29)26-18(30)28(27-16)9-6-12(22)15(13(23)7-9)32-10-4-5-14(24)11(21)8-10/h4-8H,24H2,1-3H3,(H,25,27,31)(H,26,29,30). The van der Waals surface area contributed by atoms with Crippen LogP contribution >= 0.6 is 39.1 Å². The molecule has 4 N–H and O–H groups in total. The third-order valence-electron chi connectivity index (χ3n) is 3.87. The van der Waals surface area contributed by atoms with E-state index in [1.54, 1.807) is 39.0 Å². The highest BCUT2D eigenvalue weighted by molar-refractivity contribution is 9.10. The van der Waals surface area contributed by atoms with Gasteiger partial charge in [-0.25, -0.2) is 9.59 Å². The zero-order valence-corrected chi connectivity index (χ0v) is 20.6. The van der Waals surface area contributed by atoms with Crippen LogP contribution in [0.1, 0.15) is 20.8 Å². The molecule has 33 heavy (non-hydrogen) atoms. The van der Waals surface area contributed by atoms with Crippen molar-refractivity contribution in [1.29, 1.82) is 0 Å². The predicted octanol–water partition coefficient (Wildman–Crippen LogP) is 4.71. The zero-order valence-electron chi connectivity index (χ0n) is 17.5. The smallest absolute Gasteiger partial charge is 0.413 e. The van der Waals surface area contributed by atoms with Crippen molar-refractivity contribution in [3.63, 3.8) is 0 Å². The molecule has 3 aromatic rings. The van der Waals surface area contributed by atoms with Crippen molar-refractivity contribution < 1.29 is 14.3 Å². The molecule has 0 spiro atoms. The predicted molar refractivity (Wildman–Crippen MR) is 129 cm³/mol. The summed E-state index contributed by atoms with van der Waals surface area (Å²) in [5, 5.41) is 6.23. The minimum Gasteiger partial charge on any atom is -0.454 e. The first-order chi connectivity index (χ1) is 15.3. The number of H-pyrrole nitrogens is 1. The number of rotatable bonds is 4. The van der Waals surface area contributed by atoms with E-state index >= 15 is 0 Å². The Kier molecular flexibility index (Phi) is 7.06. The molecule has 0 aliphatic rings. The van der Waals surface area contributed by atoms with Gasteiger partial charge in [-0.1, -0.05) is 23.2 Å². The molecule has 3 rings (SSSR count). The van der Waals surface area contributed by atoms with Crippen LogP contribution in [0, 0.1) is 0 Å². The number of benzene rings is 2. The highest BCUT2D eigenvalue weighted by atomic mass is 79.9. The van der Waals surface area contributed by atoms with Gasteiger partial charge in [-0.05, 0) is 67.0 Å². The van der Waals surface area contributed by atoms with Crippen molar-refractivity contribution in [2.24, 2.45) is 0 Å². The molecule has 13 heteroatoms. The third kappa shape index (κ3) is 6.06. The Labute approximate surface area is 205 Å². The van der Waals surface area contributed by atoms with Gasteiger partial charge in [-0.2, -0.15) is 4.68 Å². The van der Waals surface area contributed by atoms with Crippen LogP contribution in [-0.4, -0.2) is 26.5 Å². The summed E-state index contributed by atoms with van der Waals surface area (Å²) in [5.74, 6) is 0.0854. The summed E-state index contributed by atoms with van der Waals surface area (Å²) in [4.78, 5) is 38.5. The number of aromatic amines is 1. The Morgan fingerprint density at radius 2 is 1.82 bits per heavy atom. The van der Waals surface area contributed by atoms with Gasteiger partial charge in [-0.15, -0.1) is 5.10 Å². The highest BCUT2D eigenvalue weighted by Gasteiger charge is 2.20. The minimum atomic E-state index is -0.917. The lowest BCUT2D eigenvalue weighted by atomic mass is 10.2. The first-order valence-corrected chi connectivity index (χ1v) is 10.8. The summed E-state index contributed by atoms with van der Waals surface area (Å²) >= 11 is 16.0. The van der Waals surface area contributed by atoms with Gasteiger partial charge in [0.05, 0.1) is 15.7 Å². The van der Waals surface area contributed by atoms with Crippen molar-refractivity contribution in [2.75, 3.05) is 11.1 Å². The molecule has 0 bridgehead atoms. The molecule has 0 radical (unpaired) electrons. The fraction of sp³-hybridized carbons (Fsp3) is 0.200. The van der Waals surface area contributed by atoms with E-state index in [1.165, 1.54) is 12.1 Å². The first kappa shape index (κ1) is 24.6. The number of nitrogen functional groups attached to an aromatic ring is 1. The molecule has 0 saturated carbocycles. The van der Waals surface area contributed by atoms with Gasteiger partial charge in [0, 0.05) is 10.2 Å². The van der Waals surface area contributed by atoms with Crippen molar-refractivity contribution >= 4 is 56.7 Å². The maximum absolute atomic E-state index is 12.3. The molecule has 10 nitrogen and oxygen atoms in total. The molecule has 0 atom stereocenters. The molecule has 174 valence electrons. The maximum atomic E-state index is 12.3. The number of aromatic nitrogens is 3. The van der Waals surface area contributed by atoms with E-state index in [1.807, 2.05) is 0 Å². The minimum absolute atomic E-state index is 0.0620. The first-order valence-electron chi connectivity index (χ1n) is 9.30. The van der Waals surface area contributed by atoms with Crippen LogP contribution in [0.3, 0.4) is 0 Å². The quantitative estimate of drug-likeness (QED) is 0.393. The van der Waals surface area contributed by atoms with Crippen molar-refractivity contribution in [2.45, 2.75) is 26.4 Å². The molecule has 0 aliphatic heterocycles. The molecule has 1 heterocycles. The van der Waals surface area contributed by atoms with Crippen LogP contribution in [0.5, 0.6) is 11.5 Å². The van der Waals surface area contributed by atoms with Gasteiger partial charge in [0.2, 0.25) is 5.82 Å². The number of hydrogen-bond acceptors (Lipinski definition) is 7. The normalized spacial score (nSPS) is 11.2. The van der Waals surface area contributed by atoms with Crippen LogP contribution < -0.4 is 27.0 Å². The molecule has 1 aromatic heterocycles. The number of ether oxygens (including phenoxy) is 2. The molecule has 0 saturated heterocycles. The van der Waals surface area contributed by atoms with Crippen molar-refractivity contribution in [1.82, 2.24) is 14.8 Å². The average Bonchev–Trinajstić information content (AvgIpc) is 2.68. The molecule has 0 aliphatic carbocycles. The fourth-order valence-electron chi connectivity index (χ4n) is 2.51. The topological polar surface area (TPSA) is 141 Å². The number of carbonyl (C=O) groups excluding carboxylic acids is 1. The van der Waals surface area contributed by atoms with E-state index in [2.05, 4.69) is 31.3 Å². The van der Waals surface area contributed by atoms with E-state index < -0.39 is 28.8 Å². The summed E-state index contributed by atoms with van der Waals surface area (Å²) in [7, 11) is 0. The van der Waals surface area contributed by atoms with Gasteiger partial charge in [-0.3, -0.25) is 15.1 Å². The summed E-state index contributed by atoms with van der Waals surface area (Å²) in [6.45, 7) is 4.96. The number of hydrogen-bond donors (Lipinski definition) is 3. The number of halogens is 3. The number of amides is 1.